The fourth-order valence-electron chi connectivity index (χ4n) is 3.14. The van der Waals surface area contributed by atoms with E-state index in [1.165, 1.54) is 12.1 Å². The quantitative estimate of drug-likeness (QED) is 0.404. The first-order valence-corrected chi connectivity index (χ1v) is 10.5. The number of amides is 1. The fraction of sp³-hybridized carbons (Fsp3) is 0.0870. The Kier molecular flexibility index (Phi) is 6.45. The van der Waals surface area contributed by atoms with Crippen molar-refractivity contribution in [3.63, 3.8) is 0 Å². The largest absolute Gasteiger partial charge is 0.435 e. The van der Waals surface area contributed by atoms with Crippen LogP contribution in [0.25, 0.3) is 0 Å². The third-order valence-corrected chi connectivity index (χ3v) is 5.09. The molecule has 0 fully saturated rings. The van der Waals surface area contributed by atoms with E-state index in [0.717, 1.165) is 33.4 Å². The number of carbonyl (C=O) groups excluding carboxylic acids is 1. The number of carbonyl (C=O) groups is 1. The molecular formula is C23H16BrF3N4O2. The van der Waals surface area contributed by atoms with Crippen LogP contribution in [0.3, 0.4) is 0 Å². The summed E-state index contributed by atoms with van der Waals surface area (Å²) in [7, 11) is 0. The molecule has 0 unspecified atom stereocenters. The summed E-state index contributed by atoms with van der Waals surface area (Å²) in [6.07, 6.45) is -5.52. The van der Waals surface area contributed by atoms with Crippen molar-refractivity contribution in [1.82, 2.24) is 5.48 Å². The number of aliphatic imine (C=N–C) groups is 2. The molecular weight excluding hydrogens is 501 g/mol. The van der Waals surface area contributed by atoms with E-state index in [1.807, 2.05) is 42.5 Å². The van der Waals surface area contributed by atoms with Crippen molar-refractivity contribution < 1.29 is 22.8 Å². The molecule has 0 spiro atoms. The summed E-state index contributed by atoms with van der Waals surface area (Å²) >= 11 is 3.46. The standard InChI is InChI=1S/C23H16BrF3N4O2/c24-16-9-10-19-18(12-16)21(14-5-2-1-3-6-14)28-13-20(30-19)31-33-22(32)29-17-8-4-7-15(11-17)23(25,26)27/h1-12H,13H2,(H,29,32)(H,30,31). The molecule has 3 aromatic carbocycles. The monoisotopic (exact) mass is 516 g/mol. The lowest BCUT2D eigenvalue weighted by atomic mass is 10.0. The van der Waals surface area contributed by atoms with E-state index >= 15 is 0 Å². The summed E-state index contributed by atoms with van der Waals surface area (Å²) in [6.45, 7) is 0.0906. The molecule has 0 atom stereocenters. The first-order chi connectivity index (χ1) is 15.8. The molecule has 0 saturated carbocycles. The molecule has 1 aliphatic heterocycles. The van der Waals surface area contributed by atoms with E-state index in [2.05, 4.69) is 36.7 Å². The van der Waals surface area contributed by atoms with Gasteiger partial charge in [-0.25, -0.2) is 15.3 Å². The minimum Gasteiger partial charge on any atom is -0.323 e. The van der Waals surface area contributed by atoms with Gasteiger partial charge in [0.1, 0.15) is 6.54 Å². The number of amidine groups is 1. The molecule has 6 nitrogen and oxygen atoms in total. The normalized spacial score (nSPS) is 13.2. The van der Waals surface area contributed by atoms with Gasteiger partial charge >= 0.3 is 12.3 Å². The number of hydrogen-bond acceptors (Lipinski definition) is 5. The minimum absolute atomic E-state index is 0.0565. The Morgan fingerprint density at radius 1 is 1.00 bits per heavy atom. The number of hydrogen-bond donors (Lipinski definition) is 2. The predicted molar refractivity (Wildman–Crippen MR) is 123 cm³/mol. The number of alkyl halides is 3. The number of nitrogens with one attached hydrogen (secondary N) is 2. The van der Waals surface area contributed by atoms with Crippen molar-refractivity contribution in [3.8, 4) is 0 Å². The molecule has 0 saturated heterocycles. The Hall–Kier alpha value is -3.66. The van der Waals surface area contributed by atoms with Crippen LogP contribution in [0.1, 0.15) is 16.7 Å². The molecule has 4 rings (SSSR count). The topological polar surface area (TPSA) is 75.1 Å². The molecule has 10 heteroatoms. The van der Waals surface area contributed by atoms with Crippen LogP contribution in [-0.2, 0) is 11.0 Å². The van der Waals surface area contributed by atoms with Crippen LogP contribution in [0.15, 0.2) is 87.3 Å². The molecule has 3 aromatic rings. The second-order valence-electron chi connectivity index (χ2n) is 6.95. The molecule has 0 aliphatic carbocycles. The van der Waals surface area contributed by atoms with Crippen LogP contribution < -0.4 is 10.8 Å². The third kappa shape index (κ3) is 5.58. The zero-order chi connectivity index (χ0) is 23.4. The van der Waals surface area contributed by atoms with Gasteiger partial charge < -0.3 is 4.84 Å². The Morgan fingerprint density at radius 3 is 2.55 bits per heavy atom. The number of hydroxylamine groups is 1. The minimum atomic E-state index is -4.52. The predicted octanol–water partition coefficient (Wildman–Crippen LogP) is 6.10. The zero-order valence-corrected chi connectivity index (χ0v) is 18.4. The van der Waals surface area contributed by atoms with Crippen molar-refractivity contribution in [2.75, 3.05) is 11.9 Å². The van der Waals surface area contributed by atoms with Gasteiger partial charge in [-0.3, -0.25) is 10.3 Å². The van der Waals surface area contributed by atoms with Gasteiger partial charge in [-0.1, -0.05) is 52.3 Å². The van der Waals surface area contributed by atoms with Crippen molar-refractivity contribution >= 4 is 44.9 Å². The van der Waals surface area contributed by atoms with E-state index < -0.39 is 17.8 Å². The summed E-state index contributed by atoms with van der Waals surface area (Å²) in [5.74, 6) is 0.253. The third-order valence-electron chi connectivity index (χ3n) is 4.60. The van der Waals surface area contributed by atoms with Crippen LogP contribution >= 0.6 is 15.9 Å². The maximum atomic E-state index is 12.8. The summed E-state index contributed by atoms with van der Waals surface area (Å²) in [4.78, 5) is 26.2. The molecule has 0 bridgehead atoms. The number of rotatable bonds is 2. The second kappa shape index (κ2) is 9.45. The van der Waals surface area contributed by atoms with Crippen LogP contribution in [0, 0.1) is 0 Å². The van der Waals surface area contributed by atoms with Gasteiger partial charge in [0.05, 0.1) is 17.0 Å². The Morgan fingerprint density at radius 2 is 1.79 bits per heavy atom. The highest BCUT2D eigenvalue weighted by Gasteiger charge is 2.30. The van der Waals surface area contributed by atoms with Gasteiger partial charge in [-0.15, -0.1) is 0 Å². The lowest BCUT2D eigenvalue weighted by molar-refractivity contribution is -0.137. The van der Waals surface area contributed by atoms with Gasteiger partial charge in [-0.05, 0) is 36.4 Å². The SMILES string of the molecule is O=C(Nc1cccc(C(F)(F)F)c1)ONC1=Nc2ccc(Br)cc2C(c2ccccc2)=NC1. The molecule has 1 amide bonds. The van der Waals surface area contributed by atoms with E-state index in [9.17, 15) is 18.0 Å². The van der Waals surface area contributed by atoms with Crippen molar-refractivity contribution in [1.29, 1.82) is 0 Å². The van der Waals surface area contributed by atoms with Gasteiger partial charge in [-0.2, -0.15) is 13.2 Å². The molecule has 2 N–H and O–H groups in total. The number of nitrogens with zero attached hydrogens (tertiary/aromatic N) is 2. The molecule has 0 aromatic heterocycles. The molecule has 1 aliphatic rings. The van der Waals surface area contributed by atoms with Gasteiger partial charge in [0.2, 0.25) is 0 Å². The lowest BCUT2D eigenvalue weighted by Crippen LogP contribution is -2.31. The number of halogens is 4. The highest BCUT2D eigenvalue weighted by molar-refractivity contribution is 9.10. The Bertz CT molecular complexity index is 1240. The van der Waals surface area contributed by atoms with Gasteiger partial charge in [0.25, 0.3) is 0 Å². The highest BCUT2D eigenvalue weighted by atomic mass is 79.9. The van der Waals surface area contributed by atoms with Crippen LogP contribution in [-0.4, -0.2) is 24.2 Å². The first-order valence-electron chi connectivity index (χ1n) is 9.68. The number of fused-ring (bicyclic) bond motifs is 1. The lowest BCUT2D eigenvalue weighted by Gasteiger charge is -2.11. The summed E-state index contributed by atoms with van der Waals surface area (Å²) < 4.78 is 39.4. The van der Waals surface area contributed by atoms with Crippen LogP contribution in [0.4, 0.5) is 29.3 Å². The van der Waals surface area contributed by atoms with Gasteiger partial charge in [0.15, 0.2) is 5.84 Å². The maximum absolute atomic E-state index is 12.8. The van der Waals surface area contributed by atoms with E-state index in [1.54, 1.807) is 6.07 Å². The molecule has 0 radical (unpaired) electrons. The molecule has 168 valence electrons. The zero-order valence-electron chi connectivity index (χ0n) is 16.9. The van der Waals surface area contributed by atoms with Crippen molar-refractivity contribution in [2.45, 2.75) is 6.18 Å². The maximum Gasteiger partial charge on any atom is 0.435 e. The van der Waals surface area contributed by atoms with Gasteiger partial charge in [0, 0.05) is 21.3 Å². The van der Waals surface area contributed by atoms with Crippen LogP contribution in [0.5, 0.6) is 0 Å². The average Bonchev–Trinajstić information content (AvgIpc) is 2.97. The van der Waals surface area contributed by atoms with E-state index in [4.69, 9.17) is 4.84 Å². The summed E-state index contributed by atoms with van der Waals surface area (Å²) in [5, 5.41) is 2.25. The van der Waals surface area contributed by atoms with E-state index in [-0.39, 0.29) is 18.1 Å². The highest BCUT2D eigenvalue weighted by Crippen LogP contribution is 2.31. The Labute approximate surface area is 195 Å². The fourth-order valence-corrected chi connectivity index (χ4v) is 3.50. The second-order valence-corrected chi connectivity index (χ2v) is 7.86. The molecule has 1 heterocycles. The summed E-state index contributed by atoms with van der Waals surface area (Å²) in [5.41, 5.74) is 4.54. The Balaban J connectivity index is 1.50. The van der Waals surface area contributed by atoms with Crippen LogP contribution in [0.2, 0.25) is 0 Å². The van der Waals surface area contributed by atoms with Crippen molar-refractivity contribution in [2.24, 2.45) is 9.98 Å². The number of benzene rings is 3. The average molecular weight is 517 g/mol. The summed E-state index contributed by atoms with van der Waals surface area (Å²) in [6, 6.07) is 19.3. The molecule has 33 heavy (non-hydrogen) atoms. The smallest absolute Gasteiger partial charge is 0.323 e. The number of anilines is 1. The van der Waals surface area contributed by atoms with Crippen molar-refractivity contribution in [3.05, 3.63) is 94.0 Å². The van der Waals surface area contributed by atoms with E-state index in [0.29, 0.717) is 5.69 Å². The first kappa shape index (κ1) is 22.5.